The van der Waals surface area contributed by atoms with E-state index in [1.54, 1.807) is 11.8 Å². The Morgan fingerprint density at radius 3 is 2.46 bits per heavy atom. The van der Waals surface area contributed by atoms with Gasteiger partial charge < -0.3 is 16.4 Å². The number of carbonyl (C=O) groups is 2. The van der Waals surface area contributed by atoms with Crippen LogP contribution in [0.4, 0.5) is 9.18 Å². The van der Waals surface area contributed by atoms with Crippen LogP contribution in [0.2, 0.25) is 0 Å². The predicted octanol–water partition coefficient (Wildman–Crippen LogP) is 2.93. The maximum Gasteiger partial charge on any atom is 0.312 e. The summed E-state index contributed by atoms with van der Waals surface area (Å²) in [5, 5.41) is 5.53. The lowest BCUT2D eigenvalue weighted by Crippen LogP contribution is -2.52. The number of carbonyl (C=O) groups excluding carboxylic acids is 2. The molecule has 4 N–H and O–H groups in total. The third-order valence-electron chi connectivity index (χ3n) is 5.11. The number of thioether (sulfide) groups is 1. The molecule has 1 fully saturated rings. The van der Waals surface area contributed by atoms with E-state index < -0.39 is 12.1 Å². The summed E-state index contributed by atoms with van der Waals surface area (Å²) >= 11 is 1.61. The molecular weight excluding hydrogens is 353 g/mol. The fourth-order valence-corrected chi connectivity index (χ4v) is 4.13. The molecular formula is C19H28FN3O2S. The molecule has 0 heterocycles. The third-order valence-corrected chi connectivity index (χ3v) is 5.76. The average molecular weight is 382 g/mol. The van der Waals surface area contributed by atoms with Crippen molar-refractivity contribution in [3.05, 3.63) is 35.6 Å². The van der Waals surface area contributed by atoms with Gasteiger partial charge in [-0.15, -0.1) is 0 Å². The van der Waals surface area contributed by atoms with Gasteiger partial charge in [0.05, 0.1) is 0 Å². The molecule has 1 aromatic rings. The van der Waals surface area contributed by atoms with Gasteiger partial charge in [-0.1, -0.05) is 31.4 Å². The van der Waals surface area contributed by atoms with Gasteiger partial charge in [0.2, 0.25) is 5.91 Å². The summed E-state index contributed by atoms with van der Waals surface area (Å²) in [5.74, 6) is 0.276. The molecule has 0 bridgehead atoms. The molecule has 2 rings (SSSR count). The second kappa shape index (κ2) is 9.80. The Bertz CT molecular complexity index is 603. The Morgan fingerprint density at radius 1 is 1.23 bits per heavy atom. The minimum Gasteiger partial charge on any atom is -0.353 e. The van der Waals surface area contributed by atoms with Crippen molar-refractivity contribution in [2.45, 2.75) is 50.0 Å². The standard InChI is InChI=1S/C19H28FN3O2S/c1-26-12-9-16(23-18(21)25)17(24)22-13-19(10-3-2-4-11-19)14-5-7-15(20)8-6-14/h5-8,16H,2-4,9-13H2,1H3,(H,22,24)(H3,21,23,25). The van der Waals surface area contributed by atoms with Crippen molar-refractivity contribution in [3.63, 3.8) is 0 Å². The van der Waals surface area contributed by atoms with Crippen molar-refractivity contribution in [1.82, 2.24) is 10.6 Å². The van der Waals surface area contributed by atoms with Gasteiger partial charge >= 0.3 is 6.03 Å². The van der Waals surface area contributed by atoms with E-state index in [4.69, 9.17) is 5.73 Å². The first-order valence-electron chi connectivity index (χ1n) is 9.05. The monoisotopic (exact) mass is 381 g/mol. The van der Waals surface area contributed by atoms with E-state index in [-0.39, 0.29) is 17.1 Å². The Hall–Kier alpha value is -1.76. The molecule has 0 spiro atoms. The number of amides is 3. The normalized spacial score (nSPS) is 17.3. The van der Waals surface area contributed by atoms with E-state index in [0.717, 1.165) is 37.0 Å². The van der Waals surface area contributed by atoms with Gasteiger partial charge in [-0.05, 0) is 49.0 Å². The maximum absolute atomic E-state index is 13.3. The number of urea groups is 1. The largest absolute Gasteiger partial charge is 0.353 e. The second-order valence-electron chi connectivity index (χ2n) is 6.91. The number of nitrogens with two attached hydrogens (primary N) is 1. The van der Waals surface area contributed by atoms with Crippen molar-refractivity contribution >= 4 is 23.7 Å². The minimum atomic E-state index is -0.697. The van der Waals surface area contributed by atoms with Crippen LogP contribution in [0.15, 0.2) is 24.3 Å². The molecule has 0 aliphatic heterocycles. The highest BCUT2D eigenvalue weighted by Crippen LogP contribution is 2.39. The predicted molar refractivity (Wildman–Crippen MR) is 104 cm³/mol. The zero-order valence-electron chi connectivity index (χ0n) is 15.2. The Labute approximate surface area is 158 Å². The van der Waals surface area contributed by atoms with Gasteiger partial charge in [0.25, 0.3) is 0 Å². The zero-order valence-corrected chi connectivity index (χ0v) is 16.0. The lowest BCUT2D eigenvalue weighted by Gasteiger charge is -2.38. The van der Waals surface area contributed by atoms with Gasteiger partial charge in [0.1, 0.15) is 11.9 Å². The van der Waals surface area contributed by atoms with Crippen molar-refractivity contribution in [1.29, 1.82) is 0 Å². The minimum absolute atomic E-state index is 0.182. The smallest absolute Gasteiger partial charge is 0.312 e. The Kier molecular flexibility index (Phi) is 7.75. The van der Waals surface area contributed by atoms with E-state index in [9.17, 15) is 14.0 Å². The van der Waals surface area contributed by atoms with Gasteiger partial charge in [0, 0.05) is 12.0 Å². The van der Waals surface area contributed by atoms with Crippen LogP contribution in [-0.2, 0) is 10.2 Å². The fraction of sp³-hybridized carbons (Fsp3) is 0.579. The summed E-state index contributed by atoms with van der Waals surface area (Å²) in [6.45, 7) is 0.480. The third kappa shape index (κ3) is 5.62. The highest BCUT2D eigenvalue weighted by molar-refractivity contribution is 7.98. The summed E-state index contributed by atoms with van der Waals surface area (Å²) in [4.78, 5) is 23.8. The maximum atomic E-state index is 13.3. The van der Waals surface area contributed by atoms with Crippen LogP contribution in [0.5, 0.6) is 0 Å². The molecule has 5 nitrogen and oxygen atoms in total. The topological polar surface area (TPSA) is 84.2 Å². The molecule has 1 saturated carbocycles. The lowest BCUT2D eigenvalue weighted by atomic mass is 9.69. The van der Waals surface area contributed by atoms with E-state index in [0.29, 0.717) is 13.0 Å². The highest BCUT2D eigenvalue weighted by Gasteiger charge is 2.35. The second-order valence-corrected chi connectivity index (χ2v) is 7.89. The SMILES string of the molecule is CSCCC(NC(N)=O)C(=O)NCC1(c2ccc(F)cc2)CCCCC1. The van der Waals surface area contributed by atoms with Crippen LogP contribution < -0.4 is 16.4 Å². The number of benzene rings is 1. The van der Waals surface area contributed by atoms with Crippen molar-refractivity contribution in [3.8, 4) is 0 Å². The van der Waals surface area contributed by atoms with Crippen LogP contribution in [-0.4, -0.2) is 36.5 Å². The van der Waals surface area contributed by atoms with Crippen molar-refractivity contribution in [2.24, 2.45) is 5.73 Å². The van der Waals surface area contributed by atoms with Gasteiger partial charge in [-0.3, -0.25) is 4.79 Å². The molecule has 0 aromatic heterocycles. The van der Waals surface area contributed by atoms with E-state index in [1.165, 1.54) is 18.6 Å². The zero-order chi connectivity index (χ0) is 19.0. The molecule has 1 aromatic carbocycles. The van der Waals surface area contributed by atoms with E-state index in [1.807, 2.05) is 18.4 Å². The lowest BCUT2D eigenvalue weighted by molar-refractivity contribution is -0.123. The number of hydrogen-bond acceptors (Lipinski definition) is 3. The van der Waals surface area contributed by atoms with Crippen LogP contribution in [0.3, 0.4) is 0 Å². The van der Waals surface area contributed by atoms with Crippen LogP contribution >= 0.6 is 11.8 Å². The highest BCUT2D eigenvalue weighted by atomic mass is 32.2. The quantitative estimate of drug-likeness (QED) is 0.647. The van der Waals surface area contributed by atoms with Crippen molar-refractivity contribution < 1.29 is 14.0 Å². The summed E-state index contributed by atoms with van der Waals surface area (Å²) in [5.41, 5.74) is 6.08. The molecule has 7 heteroatoms. The number of rotatable bonds is 8. The summed E-state index contributed by atoms with van der Waals surface area (Å²) in [6.07, 6.45) is 7.74. The van der Waals surface area contributed by atoms with Crippen LogP contribution in [0.1, 0.15) is 44.1 Å². The number of halogens is 1. The molecule has 0 radical (unpaired) electrons. The molecule has 0 saturated heterocycles. The van der Waals surface area contributed by atoms with Crippen LogP contribution in [0.25, 0.3) is 0 Å². The molecule has 1 unspecified atom stereocenters. The molecule has 1 atom stereocenters. The summed E-state index contributed by atoms with van der Waals surface area (Å²) < 4.78 is 13.3. The fourth-order valence-electron chi connectivity index (χ4n) is 3.66. The number of primary amides is 1. The van der Waals surface area contributed by atoms with Crippen LogP contribution in [0, 0.1) is 5.82 Å². The number of hydrogen-bond donors (Lipinski definition) is 3. The Morgan fingerprint density at radius 2 is 1.88 bits per heavy atom. The van der Waals surface area contributed by atoms with E-state index in [2.05, 4.69) is 10.6 Å². The van der Waals surface area contributed by atoms with Gasteiger partial charge in [-0.2, -0.15) is 11.8 Å². The molecule has 3 amide bonds. The summed E-state index contributed by atoms with van der Waals surface area (Å²) in [7, 11) is 0. The first-order chi connectivity index (χ1) is 12.5. The molecule has 144 valence electrons. The van der Waals surface area contributed by atoms with Gasteiger partial charge in [-0.25, -0.2) is 9.18 Å². The molecule has 1 aliphatic carbocycles. The van der Waals surface area contributed by atoms with Crippen molar-refractivity contribution in [2.75, 3.05) is 18.6 Å². The average Bonchev–Trinajstić information content (AvgIpc) is 2.64. The summed E-state index contributed by atoms with van der Waals surface area (Å²) in [6, 6.07) is 5.26. The van der Waals surface area contributed by atoms with E-state index >= 15 is 0 Å². The first kappa shape index (κ1) is 20.6. The molecule has 1 aliphatic rings. The number of nitrogens with one attached hydrogen (secondary N) is 2. The molecule has 26 heavy (non-hydrogen) atoms. The van der Waals surface area contributed by atoms with Gasteiger partial charge in [0.15, 0.2) is 0 Å². The Balaban J connectivity index is 2.09. The first-order valence-corrected chi connectivity index (χ1v) is 10.4.